The van der Waals surface area contributed by atoms with E-state index in [2.05, 4.69) is 4.98 Å². The molecule has 0 spiro atoms. The Hall–Kier alpha value is -2.74. The smallest absolute Gasteiger partial charge is 0.349 e. The van der Waals surface area contributed by atoms with Gasteiger partial charge in [-0.05, 0) is 12.1 Å². The van der Waals surface area contributed by atoms with Gasteiger partial charge in [0.05, 0.1) is 31.7 Å². The molecule has 2 aromatic carbocycles. The number of hydrogen-bond acceptors (Lipinski definition) is 4. The van der Waals surface area contributed by atoms with Gasteiger partial charge < -0.3 is 9.47 Å². The highest BCUT2D eigenvalue weighted by molar-refractivity contribution is 6.34. The molecule has 0 radical (unpaired) electrons. The summed E-state index contributed by atoms with van der Waals surface area (Å²) >= 11 is 5.75. The molecular formula is C17H12ClF3N2O3. The molecule has 0 amide bonds. The van der Waals surface area contributed by atoms with Gasteiger partial charge in [-0.1, -0.05) is 11.6 Å². The number of benzene rings is 2. The maximum atomic E-state index is 14.3. The Kier molecular flexibility index (Phi) is 4.78. The second-order valence-electron chi connectivity index (χ2n) is 5.33. The van der Waals surface area contributed by atoms with Gasteiger partial charge >= 0.3 is 5.69 Å². The summed E-state index contributed by atoms with van der Waals surface area (Å²) < 4.78 is 53.2. The summed E-state index contributed by atoms with van der Waals surface area (Å²) in [6.45, 7) is -0.200. The fraction of sp³-hybridized carbons (Fsp3) is 0.176. The molecule has 0 aliphatic heterocycles. The van der Waals surface area contributed by atoms with Crippen molar-refractivity contribution >= 4 is 22.5 Å². The van der Waals surface area contributed by atoms with Crippen molar-refractivity contribution in [3.63, 3.8) is 0 Å². The Morgan fingerprint density at radius 3 is 2.50 bits per heavy atom. The summed E-state index contributed by atoms with van der Waals surface area (Å²) in [5.41, 5.74) is -0.915. The molecule has 0 aliphatic rings. The third-order valence-corrected chi connectivity index (χ3v) is 4.14. The van der Waals surface area contributed by atoms with Crippen molar-refractivity contribution in [2.45, 2.75) is 6.54 Å². The molecule has 0 saturated heterocycles. The first-order valence-corrected chi connectivity index (χ1v) is 7.69. The average Bonchev–Trinajstić information content (AvgIpc) is 2.61. The minimum atomic E-state index is -1.43. The lowest BCUT2D eigenvalue weighted by atomic mass is 10.1. The van der Waals surface area contributed by atoms with Crippen LogP contribution < -0.4 is 15.2 Å². The van der Waals surface area contributed by atoms with Gasteiger partial charge in [0.2, 0.25) is 0 Å². The summed E-state index contributed by atoms with van der Waals surface area (Å²) in [5, 5.41) is -1.21. The van der Waals surface area contributed by atoms with Gasteiger partial charge in [0, 0.05) is 17.7 Å². The van der Waals surface area contributed by atoms with Gasteiger partial charge in [-0.15, -0.1) is 0 Å². The average molecular weight is 385 g/mol. The number of halogens is 4. The maximum absolute atomic E-state index is 14.3. The van der Waals surface area contributed by atoms with E-state index in [4.69, 9.17) is 21.1 Å². The summed E-state index contributed by atoms with van der Waals surface area (Å²) in [6.07, 6.45) is 0. The highest BCUT2D eigenvalue weighted by atomic mass is 35.5. The molecule has 3 rings (SSSR count). The Bertz CT molecular complexity index is 1070. The number of methoxy groups -OCH3 is 2. The van der Waals surface area contributed by atoms with E-state index in [1.54, 1.807) is 18.2 Å². The molecule has 1 heterocycles. The summed E-state index contributed by atoms with van der Waals surface area (Å²) in [6, 6.07) is 5.14. The van der Waals surface area contributed by atoms with Crippen molar-refractivity contribution in [1.29, 1.82) is 0 Å². The number of fused-ring (bicyclic) bond motifs is 1. The summed E-state index contributed by atoms with van der Waals surface area (Å²) in [5.74, 6) is -3.06. The molecular weight excluding hydrogens is 373 g/mol. The highest BCUT2D eigenvalue weighted by Crippen LogP contribution is 2.30. The SMILES string of the molecule is COc1ccc(Cn2c(=O)nc(Cl)c3c(F)c(F)cc(F)c32)c(OC)c1. The van der Waals surface area contributed by atoms with E-state index in [9.17, 15) is 18.0 Å². The third-order valence-electron chi connectivity index (χ3n) is 3.87. The Morgan fingerprint density at radius 1 is 1.12 bits per heavy atom. The van der Waals surface area contributed by atoms with E-state index in [1.807, 2.05) is 0 Å². The van der Waals surface area contributed by atoms with Crippen LogP contribution >= 0.6 is 11.6 Å². The van der Waals surface area contributed by atoms with Crippen molar-refractivity contribution in [3.05, 3.63) is 62.9 Å². The molecule has 136 valence electrons. The normalized spacial score (nSPS) is 11.0. The Morgan fingerprint density at radius 2 is 1.85 bits per heavy atom. The van der Waals surface area contributed by atoms with Crippen LogP contribution in [0.5, 0.6) is 11.5 Å². The van der Waals surface area contributed by atoms with Crippen molar-refractivity contribution in [2.24, 2.45) is 0 Å². The van der Waals surface area contributed by atoms with Crippen LogP contribution in [0, 0.1) is 17.5 Å². The molecule has 0 N–H and O–H groups in total. The number of ether oxygens (including phenoxy) is 2. The van der Waals surface area contributed by atoms with E-state index >= 15 is 0 Å². The van der Waals surface area contributed by atoms with Crippen molar-refractivity contribution in [3.8, 4) is 11.5 Å². The number of aromatic nitrogens is 2. The molecule has 0 fully saturated rings. The second-order valence-corrected chi connectivity index (χ2v) is 5.68. The zero-order chi connectivity index (χ0) is 19.0. The fourth-order valence-corrected chi connectivity index (χ4v) is 2.88. The van der Waals surface area contributed by atoms with Crippen molar-refractivity contribution in [2.75, 3.05) is 14.2 Å². The van der Waals surface area contributed by atoms with Gasteiger partial charge in [0.25, 0.3) is 0 Å². The third kappa shape index (κ3) is 2.96. The number of hydrogen-bond donors (Lipinski definition) is 0. The van der Waals surface area contributed by atoms with Crippen LogP contribution in [0.1, 0.15) is 5.56 Å². The number of rotatable bonds is 4. The zero-order valence-corrected chi connectivity index (χ0v) is 14.4. The van der Waals surface area contributed by atoms with Gasteiger partial charge in [-0.3, -0.25) is 4.57 Å². The quantitative estimate of drug-likeness (QED) is 0.510. The molecule has 3 aromatic rings. The topological polar surface area (TPSA) is 53.4 Å². The Labute approximate surface area is 150 Å². The zero-order valence-electron chi connectivity index (χ0n) is 13.6. The molecule has 0 unspecified atom stereocenters. The van der Waals surface area contributed by atoms with Crippen LogP contribution in [0.25, 0.3) is 10.9 Å². The molecule has 0 aliphatic carbocycles. The van der Waals surface area contributed by atoms with E-state index in [0.29, 0.717) is 23.1 Å². The molecule has 1 aromatic heterocycles. The van der Waals surface area contributed by atoms with Crippen LogP contribution in [0.2, 0.25) is 5.15 Å². The summed E-state index contributed by atoms with van der Waals surface area (Å²) in [7, 11) is 2.89. The highest BCUT2D eigenvalue weighted by Gasteiger charge is 2.21. The van der Waals surface area contributed by atoms with Crippen LogP contribution in [-0.2, 0) is 6.54 Å². The van der Waals surface area contributed by atoms with Crippen molar-refractivity contribution in [1.82, 2.24) is 9.55 Å². The lowest BCUT2D eigenvalue weighted by molar-refractivity contribution is 0.390. The first-order chi connectivity index (χ1) is 12.4. The van der Waals surface area contributed by atoms with Crippen LogP contribution in [-0.4, -0.2) is 23.8 Å². The van der Waals surface area contributed by atoms with Crippen LogP contribution in [0.15, 0.2) is 29.1 Å². The van der Waals surface area contributed by atoms with Gasteiger partial charge in [0.1, 0.15) is 16.7 Å². The predicted molar refractivity (Wildman–Crippen MR) is 89.5 cm³/mol. The van der Waals surface area contributed by atoms with E-state index in [1.165, 1.54) is 14.2 Å². The van der Waals surface area contributed by atoms with Gasteiger partial charge in [-0.2, -0.15) is 4.98 Å². The minimum absolute atomic E-state index is 0.200. The lowest BCUT2D eigenvalue weighted by Gasteiger charge is -2.15. The lowest BCUT2D eigenvalue weighted by Crippen LogP contribution is -2.25. The first-order valence-electron chi connectivity index (χ1n) is 7.31. The van der Waals surface area contributed by atoms with E-state index < -0.39 is 39.2 Å². The largest absolute Gasteiger partial charge is 0.497 e. The second kappa shape index (κ2) is 6.87. The first kappa shape index (κ1) is 18.1. The molecule has 0 bridgehead atoms. The molecule has 9 heteroatoms. The standard InChI is InChI=1S/C17H12ClF3N2O3/c1-25-9-4-3-8(12(5-9)26-2)7-23-15-11(20)6-10(19)14(21)13(15)16(18)22-17(23)24/h3-6H,7H2,1-2H3. The summed E-state index contributed by atoms with van der Waals surface area (Å²) in [4.78, 5) is 15.7. The molecule has 0 saturated carbocycles. The Balaban J connectivity index is 2.27. The predicted octanol–water partition coefficient (Wildman–Crippen LogP) is 3.53. The van der Waals surface area contributed by atoms with Crippen LogP contribution in [0.4, 0.5) is 13.2 Å². The monoisotopic (exact) mass is 384 g/mol. The van der Waals surface area contributed by atoms with E-state index in [0.717, 1.165) is 4.57 Å². The molecule has 0 atom stereocenters. The minimum Gasteiger partial charge on any atom is -0.497 e. The van der Waals surface area contributed by atoms with E-state index in [-0.39, 0.29) is 6.54 Å². The van der Waals surface area contributed by atoms with Gasteiger partial charge in [-0.25, -0.2) is 18.0 Å². The number of nitrogens with zero attached hydrogens (tertiary/aromatic N) is 2. The fourth-order valence-electron chi connectivity index (χ4n) is 2.63. The molecule has 26 heavy (non-hydrogen) atoms. The van der Waals surface area contributed by atoms with Crippen molar-refractivity contribution < 1.29 is 22.6 Å². The van der Waals surface area contributed by atoms with Crippen LogP contribution in [0.3, 0.4) is 0 Å². The molecule has 5 nitrogen and oxygen atoms in total. The van der Waals surface area contributed by atoms with Gasteiger partial charge in [0.15, 0.2) is 17.5 Å². The maximum Gasteiger partial charge on any atom is 0.349 e.